The van der Waals surface area contributed by atoms with Crippen LogP contribution in [-0.4, -0.2) is 27.3 Å². The van der Waals surface area contributed by atoms with E-state index in [1.54, 1.807) is 14.0 Å². The number of tetrazole rings is 1. The number of hydrogen-bond acceptors (Lipinski definition) is 4. The van der Waals surface area contributed by atoms with Crippen LogP contribution in [0.15, 0.2) is 12.1 Å². The Labute approximate surface area is 101 Å². The summed E-state index contributed by atoms with van der Waals surface area (Å²) in [5, 5.41) is 13.6. The van der Waals surface area contributed by atoms with Gasteiger partial charge in [-0.25, -0.2) is 13.2 Å². The molecule has 0 fully saturated rings. The maximum absolute atomic E-state index is 13.6. The average Bonchev–Trinajstić information content (AvgIpc) is 2.81. The summed E-state index contributed by atoms with van der Waals surface area (Å²) in [5.41, 5.74) is -0.240. The fraction of sp³-hybridized carbons (Fsp3) is 0.300. The molecular formula is C10H10F3N5. The average molecular weight is 257 g/mol. The van der Waals surface area contributed by atoms with Crippen LogP contribution in [0.5, 0.6) is 0 Å². The SMILES string of the molecule is CNC(C)c1nnnn1-c1cc(F)c(F)cc1F. The molecule has 1 aromatic heterocycles. The first-order valence-corrected chi connectivity index (χ1v) is 5.15. The number of aromatic nitrogens is 4. The molecule has 0 saturated carbocycles. The van der Waals surface area contributed by atoms with Crippen LogP contribution in [0.1, 0.15) is 18.8 Å². The fourth-order valence-corrected chi connectivity index (χ4v) is 1.44. The molecule has 1 aromatic carbocycles. The monoisotopic (exact) mass is 257 g/mol. The highest BCUT2D eigenvalue weighted by atomic mass is 19.2. The molecule has 0 aliphatic rings. The molecule has 1 unspecified atom stereocenters. The van der Waals surface area contributed by atoms with E-state index >= 15 is 0 Å². The molecule has 0 bridgehead atoms. The van der Waals surface area contributed by atoms with Crippen LogP contribution in [0.2, 0.25) is 0 Å². The maximum atomic E-state index is 13.6. The molecule has 18 heavy (non-hydrogen) atoms. The molecule has 5 nitrogen and oxygen atoms in total. The van der Waals surface area contributed by atoms with E-state index in [1.807, 2.05) is 0 Å². The van der Waals surface area contributed by atoms with Gasteiger partial charge >= 0.3 is 0 Å². The van der Waals surface area contributed by atoms with Gasteiger partial charge in [0.1, 0.15) is 5.69 Å². The quantitative estimate of drug-likeness (QED) is 0.843. The van der Waals surface area contributed by atoms with Crippen LogP contribution in [0.25, 0.3) is 5.69 Å². The van der Waals surface area contributed by atoms with Crippen LogP contribution in [-0.2, 0) is 0 Å². The molecule has 0 spiro atoms. The Morgan fingerprint density at radius 1 is 1.17 bits per heavy atom. The van der Waals surface area contributed by atoms with E-state index in [0.29, 0.717) is 18.0 Å². The van der Waals surface area contributed by atoms with Crippen LogP contribution in [0.4, 0.5) is 13.2 Å². The predicted molar refractivity (Wildman–Crippen MR) is 56.5 cm³/mol. The van der Waals surface area contributed by atoms with Crippen molar-refractivity contribution in [2.24, 2.45) is 0 Å². The van der Waals surface area contributed by atoms with Gasteiger partial charge in [0.15, 0.2) is 23.3 Å². The number of nitrogens with one attached hydrogen (secondary N) is 1. The Hall–Kier alpha value is -1.96. The van der Waals surface area contributed by atoms with Crippen molar-refractivity contribution in [2.75, 3.05) is 7.05 Å². The van der Waals surface area contributed by atoms with Crippen molar-refractivity contribution in [1.82, 2.24) is 25.5 Å². The van der Waals surface area contributed by atoms with E-state index in [1.165, 1.54) is 0 Å². The second kappa shape index (κ2) is 4.73. The minimum Gasteiger partial charge on any atom is -0.311 e. The van der Waals surface area contributed by atoms with Gasteiger partial charge in [0.2, 0.25) is 0 Å². The zero-order valence-electron chi connectivity index (χ0n) is 9.65. The third kappa shape index (κ3) is 2.06. The van der Waals surface area contributed by atoms with Gasteiger partial charge in [0.25, 0.3) is 0 Å². The third-order valence-electron chi connectivity index (χ3n) is 2.53. The summed E-state index contributed by atoms with van der Waals surface area (Å²) in [5.74, 6) is -3.06. The number of nitrogens with zero attached hydrogens (tertiary/aromatic N) is 4. The van der Waals surface area contributed by atoms with E-state index in [0.717, 1.165) is 4.68 Å². The highest BCUT2D eigenvalue weighted by Gasteiger charge is 2.19. The summed E-state index contributed by atoms with van der Waals surface area (Å²) in [6.45, 7) is 1.75. The van der Waals surface area contributed by atoms with Gasteiger partial charge in [0, 0.05) is 12.1 Å². The Bertz CT molecular complexity index is 569. The minimum absolute atomic E-state index is 0.240. The zero-order chi connectivity index (χ0) is 13.3. The van der Waals surface area contributed by atoms with Gasteiger partial charge in [-0.2, -0.15) is 4.68 Å². The zero-order valence-corrected chi connectivity index (χ0v) is 9.65. The summed E-state index contributed by atoms with van der Waals surface area (Å²) < 4.78 is 40.6. The summed E-state index contributed by atoms with van der Waals surface area (Å²) in [4.78, 5) is 0. The second-order valence-electron chi connectivity index (χ2n) is 3.68. The van der Waals surface area contributed by atoms with Crippen LogP contribution < -0.4 is 5.32 Å². The number of hydrogen-bond donors (Lipinski definition) is 1. The van der Waals surface area contributed by atoms with Crippen LogP contribution in [0.3, 0.4) is 0 Å². The lowest BCUT2D eigenvalue weighted by atomic mass is 10.2. The third-order valence-corrected chi connectivity index (χ3v) is 2.53. The molecule has 0 aliphatic carbocycles. The van der Waals surface area contributed by atoms with E-state index in [2.05, 4.69) is 20.8 Å². The summed E-state index contributed by atoms with van der Waals surface area (Å²) in [6, 6.07) is 0.903. The smallest absolute Gasteiger partial charge is 0.173 e. The highest BCUT2D eigenvalue weighted by molar-refractivity contribution is 5.34. The first kappa shape index (κ1) is 12.5. The first-order chi connectivity index (χ1) is 8.54. The van der Waals surface area contributed by atoms with Crippen molar-refractivity contribution in [2.45, 2.75) is 13.0 Å². The van der Waals surface area contributed by atoms with Crippen molar-refractivity contribution in [3.8, 4) is 5.69 Å². The van der Waals surface area contributed by atoms with Crippen LogP contribution in [0, 0.1) is 17.5 Å². The number of halogens is 3. The van der Waals surface area contributed by atoms with Crippen LogP contribution >= 0.6 is 0 Å². The normalized spacial score (nSPS) is 12.7. The molecular weight excluding hydrogens is 247 g/mol. The summed E-state index contributed by atoms with van der Waals surface area (Å²) in [6.07, 6.45) is 0. The van der Waals surface area contributed by atoms with Crippen molar-refractivity contribution in [3.05, 3.63) is 35.4 Å². The molecule has 8 heteroatoms. The Morgan fingerprint density at radius 2 is 1.83 bits per heavy atom. The molecule has 2 aromatic rings. The molecule has 1 N–H and O–H groups in total. The van der Waals surface area contributed by atoms with Crippen molar-refractivity contribution in [1.29, 1.82) is 0 Å². The van der Waals surface area contributed by atoms with Gasteiger partial charge in [0.05, 0.1) is 6.04 Å². The van der Waals surface area contributed by atoms with Gasteiger partial charge in [-0.3, -0.25) is 0 Å². The molecule has 2 rings (SSSR count). The predicted octanol–water partition coefficient (Wildman–Crippen LogP) is 1.36. The fourth-order valence-electron chi connectivity index (χ4n) is 1.44. The van der Waals surface area contributed by atoms with Crippen molar-refractivity contribution in [3.63, 3.8) is 0 Å². The lowest BCUT2D eigenvalue weighted by Gasteiger charge is -2.11. The molecule has 0 amide bonds. The molecule has 0 radical (unpaired) electrons. The Morgan fingerprint density at radius 3 is 2.50 bits per heavy atom. The van der Waals surface area contributed by atoms with Gasteiger partial charge in [-0.1, -0.05) is 0 Å². The van der Waals surface area contributed by atoms with Gasteiger partial charge in [-0.05, 0) is 24.4 Å². The van der Waals surface area contributed by atoms with E-state index in [9.17, 15) is 13.2 Å². The number of benzene rings is 1. The minimum atomic E-state index is -1.26. The molecule has 96 valence electrons. The Kier molecular flexibility index (Phi) is 3.28. The van der Waals surface area contributed by atoms with E-state index in [4.69, 9.17) is 0 Å². The van der Waals surface area contributed by atoms with Gasteiger partial charge in [-0.15, -0.1) is 5.10 Å². The topological polar surface area (TPSA) is 55.6 Å². The highest BCUT2D eigenvalue weighted by Crippen LogP contribution is 2.19. The van der Waals surface area contributed by atoms with Crippen molar-refractivity contribution < 1.29 is 13.2 Å². The second-order valence-corrected chi connectivity index (χ2v) is 3.68. The lowest BCUT2D eigenvalue weighted by molar-refractivity contribution is 0.488. The van der Waals surface area contributed by atoms with Gasteiger partial charge < -0.3 is 5.32 Å². The Balaban J connectivity index is 2.56. The van der Waals surface area contributed by atoms with E-state index in [-0.39, 0.29) is 11.7 Å². The largest absolute Gasteiger partial charge is 0.311 e. The summed E-state index contributed by atoms with van der Waals surface area (Å²) in [7, 11) is 1.67. The summed E-state index contributed by atoms with van der Waals surface area (Å²) >= 11 is 0. The van der Waals surface area contributed by atoms with Crippen molar-refractivity contribution >= 4 is 0 Å². The first-order valence-electron chi connectivity index (χ1n) is 5.15. The molecule has 0 aliphatic heterocycles. The van der Waals surface area contributed by atoms with E-state index < -0.39 is 17.5 Å². The molecule has 1 heterocycles. The number of rotatable bonds is 3. The lowest BCUT2D eigenvalue weighted by Crippen LogP contribution is -2.18. The molecule has 1 atom stereocenters. The standard InChI is InChI=1S/C10H10F3N5/c1-5(14-2)10-15-16-17-18(10)9-4-7(12)6(11)3-8(9)13/h3-5,14H,1-2H3. The molecule has 0 saturated heterocycles. The maximum Gasteiger partial charge on any atom is 0.173 e.